The zero-order valence-electron chi connectivity index (χ0n) is 10.8. The van der Waals surface area contributed by atoms with Gasteiger partial charge in [-0.3, -0.25) is 4.90 Å². The topological polar surface area (TPSA) is 38.5 Å². The molecule has 1 aromatic rings. The lowest BCUT2D eigenvalue weighted by atomic mass is 10.0. The van der Waals surface area contributed by atoms with Gasteiger partial charge in [-0.15, -0.1) is 11.3 Å². The second-order valence-electron chi connectivity index (χ2n) is 5.03. The maximum Gasteiger partial charge on any atom is 0.0678 e. The molecule has 4 atom stereocenters. The summed E-state index contributed by atoms with van der Waals surface area (Å²) in [5.74, 6) is 0. The smallest absolute Gasteiger partial charge is 0.0678 e. The van der Waals surface area contributed by atoms with Crippen molar-refractivity contribution in [2.24, 2.45) is 5.73 Å². The van der Waals surface area contributed by atoms with Gasteiger partial charge in [-0.1, -0.05) is 6.07 Å². The summed E-state index contributed by atoms with van der Waals surface area (Å²) in [6.07, 6.45) is 0.583. The number of nitrogens with two attached hydrogens (primary N) is 1. The Kier molecular flexibility index (Phi) is 4.20. The number of hydrogen-bond acceptors (Lipinski definition) is 4. The Hall–Kier alpha value is -0.420. The highest BCUT2D eigenvalue weighted by molar-refractivity contribution is 7.10. The summed E-state index contributed by atoms with van der Waals surface area (Å²) in [5.41, 5.74) is 6.17. The fraction of sp³-hybridized carbons (Fsp3) is 0.692. The molecule has 0 aliphatic carbocycles. The largest absolute Gasteiger partial charge is 0.373 e. The van der Waals surface area contributed by atoms with E-state index in [4.69, 9.17) is 10.5 Å². The molecule has 0 radical (unpaired) electrons. The third-order valence-corrected chi connectivity index (χ3v) is 4.12. The minimum Gasteiger partial charge on any atom is -0.373 e. The van der Waals surface area contributed by atoms with E-state index in [1.54, 1.807) is 11.3 Å². The van der Waals surface area contributed by atoms with Crippen LogP contribution < -0.4 is 5.73 Å². The van der Waals surface area contributed by atoms with Crippen LogP contribution in [-0.2, 0) is 4.74 Å². The third-order valence-electron chi connectivity index (χ3n) is 3.17. The van der Waals surface area contributed by atoms with Crippen molar-refractivity contribution in [3.05, 3.63) is 22.4 Å². The first-order valence-electron chi connectivity index (χ1n) is 6.26. The van der Waals surface area contributed by atoms with Crippen LogP contribution in [-0.4, -0.2) is 36.2 Å². The second kappa shape index (κ2) is 5.48. The van der Waals surface area contributed by atoms with E-state index in [1.165, 1.54) is 4.88 Å². The van der Waals surface area contributed by atoms with Gasteiger partial charge in [-0.25, -0.2) is 0 Å². The van der Waals surface area contributed by atoms with Crippen LogP contribution in [0.3, 0.4) is 0 Å². The predicted molar refractivity (Wildman–Crippen MR) is 72.3 cm³/mol. The van der Waals surface area contributed by atoms with Gasteiger partial charge in [0.05, 0.1) is 18.2 Å². The molecule has 1 saturated heterocycles. The highest BCUT2D eigenvalue weighted by Crippen LogP contribution is 2.29. The van der Waals surface area contributed by atoms with Crippen LogP contribution in [0.2, 0.25) is 0 Å². The molecule has 1 fully saturated rings. The number of nitrogens with zero attached hydrogens (tertiary/aromatic N) is 1. The molecule has 0 aromatic carbocycles. The molecule has 2 rings (SSSR count). The maximum atomic E-state index is 6.17. The van der Waals surface area contributed by atoms with Gasteiger partial charge in [0.15, 0.2) is 0 Å². The molecule has 2 heterocycles. The van der Waals surface area contributed by atoms with E-state index in [2.05, 4.69) is 43.2 Å². The van der Waals surface area contributed by atoms with E-state index < -0.39 is 0 Å². The van der Waals surface area contributed by atoms with Crippen LogP contribution in [0, 0.1) is 0 Å². The summed E-state index contributed by atoms with van der Waals surface area (Å²) in [6, 6.07) is 4.75. The van der Waals surface area contributed by atoms with Gasteiger partial charge in [0, 0.05) is 24.0 Å². The second-order valence-corrected chi connectivity index (χ2v) is 6.01. The molecule has 0 spiro atoms. The van der Waals surface area contributed by atoms with E-state index >= 15 is 0 Å². The molecule has 17 heavy (non-hydrogen) atoms. The molecule has 2 N–H and O–H groups in total. The number of ether oxygens (including phenoxy) is 1. The minimum absolute atomic E-state index is 0.145. The van der Waals surface area contributed by atoms with E-state index in [1.807, 2.05) is 0 Å². The van der Waals surface area contributed by atoms with Crippen LogP contribution >= 0.6 is 11.3 Å². The molecule has 1 aromatic heterocycles. The Balaban J connectivity index is 2.16. The Bertz CT molecular complexity index is 329. The fourth-order valence-electron chi connectivity index (χ4n) is 2.68. The highest BCUT2D eigenvalue weighted by atomic mass is 32.1. The molecule has 96 valence electrons. The quantitative estimate of drug-likeness (QED) is 0.899. The molecule has 4 unspecified atom stereocenters. The van der Waals surface area contributed by atoms with Crippen molar-refractivity contribution < 1.29 is 4.74 Å². The van der Waals surface area contributed by atoms with Gasteiger partial charge in [-0.05, 0) is 32.2 Å². The standard InChI is InChI=1S/C13H22N2OS/c1-9-7-15(8-10(2)16-9)13(11(3)14)12-5-4-6-17-12/h4-6,9-11,13H,7-8,14H2,1-3H3. The molecule has 1 aliphatic heterocycles. The summed E-state index contributed by atoms with van der Waals surface area (Å²) in [7, 11) is 0. The average molecular weight is 254 g/mol. The van der Waals surface area contributed by atoms with Gasteiger partial charge >= 0.3 is 0 Å². The van der Waals surface area contributed by atoms with E-state index in [0.717, 1.165) is 13.1 Å². The molecule has 0 saturated carbocycles. The molecular formula is C13H22N2OS. The lowest BCUT2D eigenvalue weighted by Crippen LogP contribution is -2.50. The van der Waals surface area contributed by atoms with Crippen LogP contribution in [0.15, 0.2) is 17.5 Å². The summed E-state index contributed by atoms with van der Waals surface area (Å²) >= 11 is 1.79. The molecule has 0 amide bonds. The van der Waals surface area contributed by atoms with Gasteiger partial charge in [0.2, 0.25) is 0 Å². The lowest BCUT2D eigenvalue weighted by molar-refractivity contribution is -0.0827. The summed E-state index contributed by atoms with van der Waals surface area (Å²) in [6.45, 7) is 8.29. The van der Waals surface area contributed by atoms with Crippen molar-refractivity contribution in [2.45, 2.75) is 45.1 Å². The zero-order chi connectivity index (χ0) is 12.4. The molecule has 3 nitrogen and oxygen atoms in total. The van der Waals surface area contributed by atoms with Crippen LogP contribution in [0.1, 0.15) is 31.7 Å². The first kappa shape index (κ1) is 13.0. The SMILES string of the molecule is CC1CN(C(c2cccs2)C(C)N)CC(C)O1. The summed E-state index contributed by atoms with van der Waals surface area (Å²) < 4.78 is 5.78. The minimum atomic E-state index is 0.145. The maximum absolute atomic E-state index is 6.17. The lowest BCUT2D eigenvalue weighted by Gasteiger charge is -2.41. The van der Waals surface area contributed by atoms with Crippen molar-refractivity contribution in [3.63, 3.8) is 0 Å². The first-order chi connectivity index (χ1) is 8.08. The van der Waals surface area contributed by atoms with Crippen LogP contribution in [0.25, 0.3) is 0 Å². The van der Waals surface area contributed by atoms with Crippen molar-refractivity contribution in [1.29, 1.82) is 0 Å². The summed E-state index contributed by atoms with van der Waals surface area (Å²) in [5, 5.41) is 2.12. The Labute approximate surface area is 108 Å². The number of rotatable bonds is 3. The van der Waals surface area contributed by atoms with Gasteiger partial charge in [0.1, 0.15) is 0 Å². The van der Waals surface area contributed by atoms with Crippen molar-refractivity contribution in [2.75, 3.05) is 13.1 Å². The Morgan fingerprint density at radius 2 is 2.06 bits per heavy atom. The van der Waals surface area contributed by atoms with Crippen LogP contribution in [0.4, 0.5) is 0 Å². The number of thiophene rings is 1. The van der Waals surface area contributed by atoms with Crippen LogP contribution in [0.5, 0.6) is 0 Å². The Morgan fingerprint density at radius 1 is 1.41 bits per heavy atom. The van der Waals surface area contributed by atoms with Gasteiger partial charge in [-0.2, -0.15) is 0 Å². The number of hydrogen-bond donors (Lipinski definition) is 1. The highest BCUT2D eigenvalue weighted by Gasteiger charge is 2.31. The normalized spacial score (nSPS) is 30.1. The fourth-order valence-corrected chi connectivity index (χ4v) is 3.65. The molecule has 1 aliphatic rings. The molecule has 4 heteroatoms. The third kappa shape index (κ3) is 3.07. The van der Waals surface area contributed by atoms with Crippen molar-refractivity contribution in [1.82, 2.24) is 4.90 Å². The van der Waals surface area contributed by atoms with Crippen molar-refractivity contribution >= 4 is 11.3 Å². The molecular weight excluding hydrogens is 232 g/mol. The predicted octanol–water partition coefficient (Wildman–Crippen LogP) is 2.25. The number of morpholine rings is 1. The van der Waals surface area contributed by atoms with E-state index in [-0.39, 0.29) is 6.04 Å². The van der Waals surface area contributed by atoms with Crippen molar-refractivity contribution in [3.8, 4) is 0 Å². The zero-order valence-corrected chi connectivity index (χ0v) is 11.6. The average Bonchev–Trinajstić information content (AvgIpc) is 2.68. The summed E-state index contributed by atoms with van der Waals surface area (Å²) in [4.78, 5) is 3.83. The van der Waals surface area contributed by atoms with E-state index in [9.17, 15) is 0 Å². The first-order valence-corrected chi connectivity index (χ1v) is 7.14. The monoisotopic (exact) mass is 254 g/mol. The van der Waals surface area contributed by atoms with E-state index in [0.29, 0.717) is 18.2 Å². The molecule has 0 bridgehead atoms. The Morgan fingerprint density at radius 3 is 2.53 bits per heavy atom. The van der Waals surface area contributed by atoms with Gasteiger partial charge < -0.3 is 10.5 Å². The van der Waals surface area contributed by atoms with Gasteiger partial charge in [0.25, 0.3) is 0 Å².